The maximum atomic E-state index is 9.72. The molecule has 3 nitrogen and oxygen atoms in total. The van der Waals surface area contributed by atoms with E-state index in [1.54, 1.807) is 7.11 Å². The quantitative estimate of drug-likeness (QED) is 0.792. The van der Waals surface area contributed by atoms with Crippen LogP contribution in [0.4, 0.5) is 5.69 Å². The standard InChI is InChI=1S/C12H17NO2/c1-15-12-7-11(14)8-13(9-12)10-5-3-2-4-6-10/h2-6,11-12,14H,7-9H2,1H3. The number of β-amino-alcohol motifs (C(OH)–C–C–N with tert-alkyl or cyclic N) is 1. The van der Waals surface area contributed by atoms with Crippen molar-refractivity contribution in [2.45, 2.75) is 18.6 Å². The van der Waals surface area contributed by atoms with Crippen molar-refractivity contribution in [1.82, 2.24) is 0 Å². The number of aliphatic hydroxyl groups excluding tert-OH is 1. The third-order valence-corrected chi connectivity index (χ3v) is 2.84. The largest absolute Gasteiger partial charge is 0.391 e. The zero-order valence-corrected chi connectivity index (χ0v) is 8.97. The van der Waals surface area contributed by atoms with E-state index in [4.69, 9.17) is 4.74 Å². The van der Waals surface area contributed by atoms with E-state index >= 15 is 0 Å². The Morgan fingerprint density at radius 1 is 1.27 bits per heavy atom. The SMILES string of the molecule is COC1CC(O)CN(c2ccccc2)C1. The van der Waals surface area contributed by atoms with Gasteiger partial charge in [0.05, 0.1) is 12.2 Å². The van der Waals surface area contributed by atoms with E-state index < -0.39 is 0 Å². The molecule has 1 aromatic carbocycles. The molecule has 3 heteroatoms. The Morgan fingerprint density at radius 2 is 2.00 bits per heavy atom. The number of hydrogen-bond donors (Lipinski definition) is 1. The number of nitrogens with zero attached hydrogens (tertiary/aromatic N) is 1. The Kier molecular flexibility index (Phi) is 3.23. The van der Waals surface area contributed by atoms with E-state index in [2.05, 4.69) is 17.0 Å². The highest BCUT2D eigenvalue weighted by Crippen LogP contribution is 2.20. The van der Waals surface area contributed by atoms with Crippen LogP contribution in [0.5, 0.6) is 0 Å². The molecule has 1 aromatic rings. The molecule has 82 valence electrons. The Bertz CT molecular complexity index is 302. The first-order valence-corrected chi connectivity index (χ1v) is 5.30. The number of anilines is 1. The van der Waals surface area contributed by atoms with E-state index in [1.165, 1.54) is 0 Å². The molecule has 2 unspecified atom stereocenters. The summed E-state index contributed by atoms with van der Waals surface area (Å²) in [4.78, 5) is 2.17. The molecule has 1 N–H and O–H groups in total. The van der Waals surface area contributed by atoms with Gasteiger partial charge in [0.25, 0.3) is 0 Å². The fourth-order valence-corrected chi connectivity index (χ4v) is 2.05. The molecule has 2 atom stereocenters. The van der Waals surface area contributed by atoms with Crippen LogP contribution in [-0.2, 0) is 4.74 Å². The van der Waals surface area contributed by atoms with Crippen molar-refractivity contribution in [3.8, 4) is 0 Å². The second-order valence-corrected chi connectivity index (χ2v) is 3.99. The zero-order valence-electron chi connectivity index (χ0n) is 8.97. The van der Waals surface area contributed by atoms with Crippen molar-refractivity contribution in [2.75, 3.05) is 25.1 Å². The fourth-order valence-electron chi connectivity index (χ4n) is 2.05. The van der Waals surface area contributed by atoms with Crippen molar-refractivity contribution in [2.24, 2.45) is 0 Å². The molecule has 1 aliphatic rings. The Hall–Kier alpha value is -1.06. The number of aliphatic hydroxyl groups is 1. The van der Waals surface area contributed by atoms with Crippen LogP contribution in [0.1, 0.15) is 6.42 Å². The van der Waals surface area contributed by atoms with E-state index in [0.717, 1.165) is 18.7 Å². The Morgan fingerprint density at radius 3 is 2.67 bits per heavy atom. The van der Waals surface area contributed by atoms with Crippen LogP contribution >= 0.6 is 0 Å². The van der Waals surface area contributed by atoms with Gasteiger partial charge in [-0.2, -0.15) is 0 Å². The topological polar surface area (TPSA) is 32.7 Å². The molecule has 0 saturated carbocycles. The van der Waals surface area contributed by atoms with Crippen LogP contribution in [0.2, 0.25) is 0 Å². The minimum Gasteiger partial charge on any atom is -0.391 e. The van der Waals surface area contributed by atoms with E-state index in [9.17, 15) is 5.11 Å². The van der Waals surface area contributed by atoms with E-state index in [1.807, 2.05) is 18.2 Å². The minimum atomic E-state index is -0.288. The van der Waals surface area contributed by atoms with Crippen molar-refractivity contribution >= 4 is 5.69 Å². The van der Waals surface area contributed by atoms with Gasteiger partial charge in [-0.3, -0.25) is 0 Å². The maximum absolute atomic E-state index is 9.72. The van der Waals surface area contributed by atoms with Crippen molar-refractivity contribution in [3.05, 3.63) is 30.3 Å². The van der Waals surface area contributed by atoms with Gasteiger partial charge in [0.2, 0.25) is 0 Å². The predicted molar refractivity (Wildman–Crippen MR) is 60.1 cm³/mol. The molecule has 2 rings (SSSR count). The second kappa shape index (κ2) is 4.64. The molecule has 0 aliphatic carbocycles. The van der Waals surface area contributed by atoms with Crippen LogP contribution in [0.15, 0.2) is 30.3 Å². The summed E-state index contributed by atoms with van der Waals surface area (Å²) in [7, 11) is 1.70. The lowest BCUT2D eigenvalue weighted by atomic mass is 10.0. The summed E-state index contributed by atoms with van der Waals surface area (Å²) in [6.45, 7) is 1.56. The number of rotatable bonds is 2. The lowest BCUT2D eigenvalue weighted by Crippen LogP contribution is -2.46. The molecule has 0 bridgehead atoms. The van der Waals surface area contributed by atoms with Crippen molar-refractivity contribution < 1.29 is 9.84 Å². The summed E-state index contributed by atoms with van der Waals surface area (Å²) in [5.74, 6) is 0. The third-order valence-electron chi connectivity index (χ3n) is 2.84. The number of benzene rings is 1. The van der Waals surface area contributed by atoms with Crippen LogP contribution < -0.4 is 4.90 Å². The summed E-state index contributed by atoms with van der Waals surface area (Å²) >= 11 is 0. The molecule has 0 spiro atoms. The molecular formula is C12H17NO2. The van der Waals surface area contributed by atoms with E-state index in [0.29, 0.717) is 6.54 Å². The number of para-hydroxylation sites is 1. The van der Waals surface area contributed by atoms with Crippen LogP contribution in [-0.4, -0.2) is 37.5 Å². The average Bonchev–Trinajstić information content (AvgIpc) is 2.29. The lowest BCUT2D eigenvalue weighted by molar-refractivity contribution is 0.0329. The summed E-state index contributed by atoms with van der Waals surface area (Å²) in [6, 6.07) is 10.1. The fraction of sp³-hybridized carbons (Fsp3) is 0.500. The molecule has 1 aliphatic heterocycles. The molecule has 1 saturated heterocycles. The highest BCUT2D eigenvalue weighted by Gasteiger charge is 2.25. The van der Waals surface area contributed by atoms with Crippen molar-refractivity contribution in [1.29, 1.82) is 0 Å². The average molecular weight is 207 g/mol. The first kappa shape index (κ1) is 10.5. The lowest BCUT2D eigenvalue weighted by Gasteiger charge is -2.36. The number of hydrogen-bond acceptors (Lipinski definition) is 3. The Labute approximate surface area is 90.3 Å². The highest BCUT2D eigenvalue weighted by atomic mass is 16.5. The monoisotopic (exact) mass is 207 g/mol. The Balaban J connectivity index is 2.09. The van der Waals surface area contributed by atoms with Crippen LogP contribution in [0.25, 0.3) is 0 Å². The van der Waals surface area contributed by atoms with Crippen LogP contribution in [0.3, 0.4) is 0 Å². The van der Waals surface area contributed by atoms with Gasteiger partial charge in [-0.05, 0) is 12.1 Å². The van der Waals surface area contributed by atoms with Gasteiger partial charge in [0.1, 0.15) is 0 Å². The predicted octanol–water partition coefficient (Wildman–Crippen LogP) is 1.27. The molecular weight excluding hydrogens is 190 g/mol. The number of methoxy groups -OCH3 is 1. The van der Waals surface area contributed by atoms with Gasteiger partial charge in [-0.25, -0.2) is 0 Å². The normalized spacial score (nSPS) is 26.7. The highest BCUT2D eigenvalue weighted by molar-refractivity contribution is 5.46. The maximum Gasteiger partial charge on any atom is 0.0771 e. The molecule has 0 amide bonds. The van der Waals surface area contributed by atoms with Gasteiger partial charge in [0.15, 0.2) is 0 Å². The number of piperidine rings is 1. The summed E-state index contributed by atoms with van der Waals surface area (Å²) in [6.07, 6.45) is 0.581. The molecule has 1 fully saturated rings. The first-order valence-electron chi connectivity index (χ1n) is 5.30. The van der Waals surface area contributed by atoms with Crippen LogP contribution in [0, 0.1) is 0 Å². The van der Waals surface area contributed by atoms with Gasteiger partial charge in [-0.1, -0.05) is 18.2 Å². The first-order chi connectivity index (χ1) is 7.29. The smallest absolute Gasteiger partial charge is 0.0771 e. The molecule has 1 heterocycles. The summed E-state index contributed by atoms with van der Waals surface area (Å²) < 4.78 is 5.31. The molecule has 0 radical (unpaired) electrons. The molecule has 15 heavy (non-hydrogen) atoms. The second-order valence-electron chi connectivity index (χ2n) is 3.99. The summed E-state index contributed by atoms with van der Waals surface area (Å²) in [5, 5.41) is 9.72. The van der Waals surface area contributed by atoms with Gasteiger partial charge in [0, 0.05) is 32.3 Å². The van der Waals surface area contributed by atoms with Gasteiger partial charge >= 0.3 is 0 Å². The third kappa shape index (κ3) is 2.49. The summed E-state index contributed by atoms with van der Waals surface area (Å²) in [5.41, 5.74) is 1.15. The van der Waals surface area contributed by atoms with Gasteiger partial charge < -0.3 is 14.7 Å². The minimum absolute atomic E-state index is 0.133. The van der Waals surface area contributed by atoms with Crippen molar-refractivity contribution in [3.63, 3.8) is 0 Å². The molecule has 0 aromatic heterocycles. The van der Waals surface area contributed by atoms with Gasteiger partial charge in [-0.15, -0.1) is 0 Å². The number of ether oxygens (including phenoxy) is 1. The van der Waals surface area contributed by atoms with E-state index in [-0.39, 0.29) is 12.2 Å². The zero-order chi connectivity index (χ0) is 10.7.